The highest BCUT2D eigenvalue weighted by Gasteiger charge is 2.40. The second-order valence-corrected chi connectivity index (χ2v) is 5.14. The minimum atomic E-state index is -0.409. The number of hydrogen-bond acceptors (Lipinski definition) is 3. The molecule has 0 aliphatic carbocycles. The molecule has 1 atom stereocenters. The topological polar surface area (TPSA) is 75.3 Å². The maximum Gasteiger partial charge on any atom is 0.268 e. The molecule has 1 aromatic carbocycles. The van der Waals surface area contributed by atoms with E-state index in [4.69, 9.17) is 5.73 Å². The lowest BCUT2D eigenvalue weighted by molar-refractivity contribution is -0.609. The minimum Gasteiger partial charge on any atom is -0.385 e. The molecule has 0 unspecified atom stereocenters. The molecule has 0 saturated heterocycles. The average molecular weight is 271 g/mol. The predicted octanol–water partition coefficient (Wildman–Crippen LogP) is 0.553. The zero-order valence-electron chi connectivity index (χ0n) is 11.3. The van der Waals surface area contributed by atoms with Crippen LogP contribution >= 0.6 is 0 Å². The van der Waals surface area contributed by atoms with Crippen LogP contribution < -0.4 is 16.1 Å². The number of rotatable bonds is 2. The van der Waals surface area contributed by atoms with E-state index in [0.717, 1.165) is 24.4 Å². The summed E-state index contributed by atoms with van der Waals surface area (Å²) in [5, 5.41) is 7.79. The monoisotopic (exact) mass is 271 g/mol. The Morgan fingerprint density at radius 3 is 2.85 bits per heavy atom. The summed E-state index contributed by atoms with van der Waals surface area (Å²) in [4.78, 5) is 12.6. The maximum atomic E-state index is 12.6. The normalized spacial score (nSPS) is 23.3. The van der Waals surface area contributed by atoms with Crippen molar-refractivity contribution in [1.82, 2.24) is 0 Å². The summed E-state index contributed by atoms with van der Waals surface area (Å²) in [5.41, 5.74) is 7.79. The molecular formula is C15H19N4O+. The first-order valence-electron chi connectivity index (χ1n) is 7.03. The van der Waals surface area contributed by atoms with Crippen molar-refractivity contribution < 1.29 is 10.1 Å². The summed E-state index contributed by atoms with van der Waals surface area (Å²) < 4.78 is 0. The fraction of sp³-hybridized carbons (Fsp3) is 0.333. The van der Waals surface area contributed by atoms with E-state index in [9.17, 15) is 4.79 Å². The fourth-order valence-corrected chi connectivity index (χ4v) is 2.68. The zero-order chi connectivity index (χ0) is 13.9. The van der Waals surface area contributed by atoms with Crippen LogP contribution in [0.5, 0.6) is 0 Å². The number of benzene rings is 1. The van der Waals surface area contributed by atoms with Crippen LogP contribution in [0.3, 0.4) is 0 Å². The van der Waals surface area contributed by atoms with Crippen molar-refractivity contribution in [3.05, 3.63) is 42.1 Å². The van der Waals surface area contributed by atoms with E-state index < -0.39 is 5.92 Å². The Morgan fingerprint density at radius 1 is 1.25 bits per heavy atom. The molecule has 104 valence electrons. The number of allylic oxidation sites excluding steroid dienone is 1. The third kappa shape index (κ3) is 2.32. The van der Waals surface area contributed by atoms with Crippen LogP contribution in [0.15, 0.2) is 47.2 Å². The predicted molar refractivity (Wildman–Crippen MR) is 77.8 cm³/mol. The first-order valence-corrected chi connectivity index (χ1v) is 7.03. The Bertz CT molecular complexity index is 564. The molecule has 1 amide bonds. The molecule has 0 fully saturated rings. The van der Waals surface area contributed by atoms with Crippen molar-refractivity contribution >= 4 is 17.4 Å². The van der Waals surface area contributed by atoms with Crippen molar-refractivity contribution in [2.24, 2.45) is 16.8 Å². The number of nitrogens with two attached hydrogens (primary N) is 2. The summed E-state index contributed by atoms with van der Waals surface area (Å²) in [6, 6.07) is 9.41. The second-order valence-electron chi connectivity index (χ2n) is 5.14. The molecular weight excluding hydrogens is 252 g/mol. The van der Waals surface area contributed by atoms with Gasteiger partial charge >= 0.3 is 0 Å². The molecule has 0 saturated carbocycles. The molecule has 20 heavy (non-hydrogen) atoms. The molecule has 1 aromatic rings. The van der Waals surface area contributed by atoms with Gasteiger partial charge in [0, 0.05) is 0 Å². The van der Waals surface area contributed by atoms with Crippen LogP contribution in [0.4, 0.5) is 5.69 Å². The number of carbonyl (C=O) groups excluding carboxylic acids is 1. The Labute approximate surface area is 118 Å². The number of hydrazone groups is 1. The molecule has 0 bridgehead atoms. The quantitative estimate of drug-likeness (QED) is 0.824. The second kappa shape index (κ2) is 5.46. The number of anilines is 1. The molecule has 2 heterocycles. The Hall–Kier alpha value is -2.14. The van der Waals surface area contributed by atoms with E-state index in [0.29, 0.717) is 5.84 Å². The molecule has 2 aliphatic heterocycles. The van der Waals surface area contributed by atoms with Crippen LogP contribution in [0.1, 0.15) is 19.3 Å². The minimum absolute atomic E-state index is 0.0573. The largest absolute Gasteiger partial charge is 0.385 e. The number of amides is 1. The highest BCUT2D eigenvalue weighted by Crippen LogP contribution is 2.25. The van der Waals surface area contributed by atoms with Gasteiger partial charge in [0.2, 0.25) is 0 Å². The van der Waals surface area contributed by atoms with Crippen molar-refractivity contribution in [2.45, 2.75) is 19.3 Å². The fourth-order valence-electron chi connectivity index (χ4n) is 2.68. The zero-order valence-corrected chi connectivity index (χ0v) is 11.3. The number of amidine groups is 1. The van der Waals surface area contributed by atoms with Crippen LogP contribution in [0, 0.1) is 5.92 Å². The standard InChI is InChI=1S/C15H18N4O/c16-14-13(12-9-5-2-6-10-17-12)15(20)19(18-14)11-7-3-1-4-8-11/h1,3-4,7-9,13,17H,2,5-6,10H2,(H2,16,18)/p+1/t13-/m0/s1. The maximum absolute atomic E-state index is 12.6. The molecule has 0 radical (unpaired) electrons. The number of nitrogens with zero attached hydrogens (tertiary/aromatic N) is 2. The Kier molecular flexibility index (Phi) is 3.52. The van der Waals surface area contributed by atoms with Gasteiger partial charge in [0.05, 0.1) is 12.2 Å². The first-order chi connectivity index (χ1) is 9.77. The number of hydrogen-bond donors (Lipinski definition) is 2. The van der Waals surface area contributed by atoms with E-state index in [2.05, 4.69) is 16.5 Å². The van der Waals surface area contributed by atoms with Gasteiger partial charge in [-0.1, -0.05) is 18.2 Å². The molecule has 3 rings (SSSR count). The van der Waals surface area contributed by atoms with Crippen molar-refractivity contribution in [3.8, 4) is 0 Å². The van der Waals surface area contributed by atoms with Gasteiger partial charge < -0.3 is 11.1 Å². The highest BCUT2D eigenvalue weighted by molar-refractivity contribution is 6.15. The van der Waals surface area contributed by atoms with E-state index in [1.807, 2.05) is 30.3 Å². The van der Waals surface area contributed by atoms with E-state index in [1.165, 1.54) is 17.9 Å². The lowest BCUT2D eigenvalue weighted by Gasteiger charge is -2.14. The Balaban J connectivity index is 1.87. The first kappa shape index (κ1) is 12.9. The van der Waals surface area contributed by atoms with Crippen molar-refractivity contribution in [2.75, 3.05) is 11.6 Å². The van der Waals surface area contributed by atoms with Crippen LogP contribution in [0.2, 0.25) is 0 Å². The van der Waals surface area contributed by atoms with Gasteiger partial charge in [0.25, 0.3) is 5.91 Å². The van der Waals surface area contributed by atoms with Gasteiger partial charge in [-0.2, -0.15) is 10.1 Å². The third-order valence-electron chi connectivity index (χ3n) is 3.72. The van der Waals surface area contributed by atoms with E-state index in [-0.39, 0.29) is 5.91 Å². The summed E-state index contributed by atoms with van der Waals surface area (Å²) in [7, 11) is 0. The summed E-state index contributed by atoms with van der Waals surface area (Å²) in [6.45, 7) is 1.01. The van der Waals surface area contributed by atoms with Gasteiger partial charge in [-0.3, -0.25) is 4.79 Å². The van der Waals surface area contributed by atoms with E-state index >= 15 is 0 Å². The highest BCUT2D eigenvalue weighted by atomic mass is 16.2. The number of carbonyl (C=O) groups is 1. The SMILES string of the molecule is NC1=NN(c2ccccc2)C(=O)[C@H]1C1=CCCCC[NH2+]1. The number of para-hydroxylation sites is 1. The molecule has 4 N–H and O–H groups in total. The number of quaternary nitrogens is 1. The van der Waals surface area contributed by atoms with Gasteiger partial charge in [-0.05, 0) is 37.5 Å². The lowest BCUT2D eigenvalue weighted by Crippen LogP contribution is -2.83. The van der Waals surface area contributed by atoms with Gasteiger partial charge in [-0.25, -0.2) is 0 Å². The Morgan fingerprint density at radius 2 is 2.05 bits per heavy atom. The summed E-state index contributed by atoms with van der Waals surface area (Å²) in [5.74, 6) is -0.0744. The van der Waals surface area contributed by atoms with Crippen LogP contribution in [-0.4, -0.2) is 18.3 Å². The van der Waals surface area contributed by atoms with E-state index in [1.54, 1.807) is 0 Å². The van der Waals surface area contributed by atoms with Gasteiger partial charge in [-0.15, -0.1) is 0 Å². The summed E-state index contributed by atoms with van der Waals surface area (Å²) in [6.07, 6.45) is 5.47. The smallest absolute Gasteiger partial charge is 0.268 e. The molecule has 5 nitrogen and oxygen atoms in total. The molecule has 5 heteroatoms. The van der Waals surface area contributed by atoms with Crippen molar-refractivity contribution in [3.63, 3.8) is 0 Å². The summed E-state index contributed by atoms with van der Waals surface area (Å²) >= 11 is 0. The lowest BCUT2D eigenvalue weighted by atomic mass is 10.0. The van der Waals surface area contributed by atoms with Crippen LogP contribution in [-0.2, 0) is 4.79 Å². The van der Waals surface area contributed by atoms with Crippen molar-refractivity contribution in [1.29, 1.82) is 0 Å². The molecule has 0 spiro atoms. The van der Waals surface area contributed by atoms with Gasteiger partial charge in [0.1, 0.15) is 11.5 Å². The van der Waals surface area contributed by atoms with Gasteiger partial charge in [0.15, 0.2) is 5.92 Å². The molecule has 0 aromatic heterocycles. The average Bonchev–Trinajstić information content (AvgIpc) is 2.67. The molecule has 2 aliphatic rings. The third-order valence-corrected chi connectivity index (χ3v) is 3.72. The van der Waals surface area contributed by atoms with Crippen LogP contribution in [0.25, 0.3) is 0 Å².